The summed E-state index contributed by atoms with van der Waals surface area (Å²) >= 11 is 0. The van der Waals surface area contributed by atoms with Crippen LogP contribution in [0.1, 0.15) is 12.0 Å². The molecule has 1 aliphatic heterocycles. The summed E-state index contributed by atoms with van der Waals surface area (Å²) in [6, 6.07) is 7.33. The average molecular weight is 269 g/mol. The second kappa shape index (κ2) is 4.80. The van der Waals surface area contributed by atoms with Crippen LogP contribution in [0.25, 0.3) is 0 Å². The number of anilines is 4. The zero-order chi connectivity index (χ0) is 14.1. The van der Waals surface area contributed by atoms with Gasteiger partial charge in [-0.3, -0.25) is 9.69 Å². The zero-order valence-corrected chi connectivity index (χ0v) is 11.1. The molecule has 3 N–H and O–H groups in total. The summed E-state index contributed by atoms with van der Waals surface area (Å²) in [5.74, 6) is 1.27. The van der Waals surface area contributed by atoms with Crippen LogP contribution in [0.15, 0.2) is 30.6 Å². The van der Waals surface area contributed by atoms with Crippen molar-refractivity contribution in [1.82, 2.24) is 9.97 Å². The van der Waals surface area contributed by atoms with Crippen LogP contribution >= 0.6 is 0 Å². The van der Waals surface area contributed by atoms with Gasteiger partial charge in [-0.15, -0.1) is 0 Å². The van der Waals surface area contributed by atoms with Gasteiger partial charge in [0.25, 0.3) is 0 Å². The van der Waals surface area contributed by atoms with Gasteiger partial charge >= 0.3 is 0 Å². The van der Waals surface area contributed by atoms with Crippen LogP contribution in [0.5, 0.6) is 0 Å². The van der Waals surface area contributed by atoms with Gasteiger partial charge in [0.2, 0.25) is 5.91 Å². The van der Waals surface area contributed by atoms with Gasteiger partial charge in [0, 0.05) is 25.2 Å². The van der Waals surface area contributed by atoms with Gasteiger partial charge in [-0.1, -0.05) is 0 Å². The van der Waals surface area contributed by atoms with Crippen molar-refractivity contribution < 1.29 is 4.79 Å². The summed E-state index contributed by atoms with van der Waals surface area (Å²) in [4.78, 5) is 22.2. The third kappa shape index (κ3) is 2.05. The smallest absolute Gasteiger partial charge is 0.233 e. The highest BCUT2D eigenvalue weighted by atomic mass is 16.2. The van der Waals surface area contributed by atoms with Crippen molar-refractivity contribution in [1.29, 1.82) is 0 Å². The van der Waals surface area contributed by atoms with Gasteiger partial charge < -0.3 is 11.1 Å². The lowest BCUT2D eigenvalue weighted by Crippen LogP contribution is -2.31. The molecule has 1 aliphatic rings. The Bertz CT molecular complexity index is 670. The molecule has 0 bridgehead atoms. The summed E-state index contributed by atoms with van der Waals surface area (Å²) in [6.07, 6.45) is 2.61. The summed E-state index contributed by atoms with van der Waals surface area (Å²) in [5.41, 5.74) is 8.42. The van der Waals surface area contributed by atoms with Gasteiger partial charge in [-0.05, 0) is 30.2 Å². The number of nitrogens with zero attached hydrogens (tertiary/aromatic N) is 3. The summed E-state index contributed by atoms with van der Waals surface area (Å²) in [5, 5.41) is 2.95. The van der Waals surface area contributed by atoms with Crippen LogP contribution in [-0.2, 0) is 11.2 Å². The molecule has 0 atom stereocenters. The molecule has 0 fully saturated rings. The number of carbonyl (C=O) groups is 1. The number of aryl methyl sites for hydroxylation is 1. The van der Waals surface area contributed by atoms with Crippen molar-refractivity contribution in [2.75, 3.05) is 23.0 Å². The fourth-order valence-electron chi connectivity index (χ4n) is 2.37. The first kappa shape index (κ1) is 12.4. The van der Waals surface area contributed by atoms with Crippen LogP contribution in [0.3, 0.4) is 0 Å². The molecule has 20 heavy (non-hydrogen) atoms. The minimum Gasteiger partial charge on any atom is -0.399 e. The number of benzene rings is 1. The maximum Gasteiger partial charge on any atom is 0.233 e. The molecule has 0 aliphatic carbocycles. The Labute approximate surface area is 116 Å². The fraction of sp³-hybridized carbons (Fsp3) is 0.214. The Kier molecular flexibility index (Phi) is 2.98. The van der Waals surface area contributed by atoms with Crippen LogP contribution in [-0.4, -0.2) is 22.9 Å². The highest BCUT2D eigenvalue weighted by molar-refractivity contribution is 6.02. The highest BCUT2D eigenvalue weighted by Crippen LogP contribution is 2.34. The van der Waals surface area contributed by atoms with E-state index in [9.17, 15) is 4.79 Å². The molecule has 1 amide bonds. The first-order valence-corrected chi connectivity index (χ1v) is 6.40. The minimum atomic E-state index is 0.0306. The van der Waals surface area contributed by atoms with Gasteiger partial charge in [0.05, 0.1) is 5.69 Å². The Hall–Kier alpha value is -2.63. The standard InChI is InChI=1S/C14H15N5O/c1-16-12-7-13(18-8-17-12)19-11-4-3-10(15)6-9(11)2-5-14(19)20/h3-4,6-8H,2,5,15H2,1H3,(H,16,17,18). The van der Waals surface area contributed by atoms with E-state index in [-0.39, 0.29) is 5.91 Å². The molecule has 3 rings (SSSR count). The quantitative estimate of drug-likeness (QED) is 0.811. The van der Waals surface area contributed by atoms with E-state index in [2.05, 4.69) is 15.3 Å². The van der Waals surface area contributed by atoms with Crippen LogP contribution in [0.4, 0.5) is 23.0 Å². The Morgan fingerprint density at radius 1 is 1.25 bits per heavy atom. The van der Waals surface area contributed by atoms with E-state index in [4.69, 9.17) is 5.73 Å². The van der Waals surface area contributed by atoms with Crippen molar-refractivity contribution in [3.63, 3.8) is 0 Å². The van der Waals surface area contributed by atoms with Crippen molar-refractivity contribution >= 4 is 28.9 Å². The van der Waals surface area contributed by atoms with Gasteiger partial charge in [0.15, 0.2) is 0 Å². The molecular weight excluding hydrogens is 254 g/mol. The Balaban J connectivity index is 2.10. The number of aromatic nitrogens is 2. The number of hydrogen-bond donors (Lipinski definition) is 2. The average Bonchev–Trinajstić information content (AvgIpc) is 2.47. The third-order valence-corrected chi connectivity index (χ3v) is 3.34. The number of hydrogen-bond acceptors (Lipinski definition) is 5. The molecule has 1 aromatic heterocycles. The maximum absolute atomic E-state index is 12.3. The van der Waals surface area contributed by atoms with Crippen molar-refractivity contribution in [2.24, 2.45) is 0 Å². The predicted octanol–water partition coefficient (Wildman–Crippen LogP) is 1.71. The first-order chi connectivity index (χ1) is 9.69. The van der Waals surface area contributed by atoms with E-state index in [1.165, 1.54) is 6.33 Å². The predicted molar refractivity (Wildman–Crippen MR) is 77.9 cm³/mol. The van der Waals surface area contributed by atoms with Crippen molar-refractivity contribution in [3.8, 4) is 0 Å². The molecule has 0 radical (unpaired) electrons. The molecule has 2 heterocycles. The van der Waals surface area contributed by atoms with Crippen LogP contribution in [0, 0.1) is 0 Å². The maximum atomic E-state index is 12.3. The van der Waals surface area contributed by atoms with Crippen molar-refractivity contribution in [2.45, 2.75) is 12.8 Å². The van der Waals surface area contributed by atoms with Gasteiger partial charge in [0.1, 0.15) is 18.0 Å². The Morgan fingerprint density at radius 2 is 2.10 bits per heavy atom. The number of carbonyl (C=O) groups excluding carboxylic acids is 1. The third-order valence-electron chi connectivity index (χ3n) is 3.34. The van der Waals surface area contributed by atoms with E-state index >= 15 is 0 Å². The second-order valence-electron chi connectivity index (χ2n) is 4.63. The lowest BCUT2D eigenvalue weighted by molar-refractivity contribution is -0.118. The molecule has 0 spiro atoms. The number of nitrogens with one attached hydrogen (secondary N) is 1. The fourth-order valence-corrected chi connectivity index (χ4v) is 2.37. The number of nitrogen functional groups attached to an aromatic ring is 1. The van der Waals surface area contributed by atoms with E-state index < -0.39 is 0 Å². The largest absolute Gasteiger partial charge is 0.399 e. The number of rotatable bonds is 2. The molecule has 0 saturated heterocycles. The van der Waals surface area contributed by atoms with E-state index in [1.807, 2.05) is 12.1 Å². The second-order valence-corrected chi connectivity index (χ2v) is 4.63. The topological polar surface area (TPSA) is 84.1 Å². The molecule has 0 unspecified atom stereocenters. The van der Waals surface area contributed by atoms with E-state index in [1.54, 1.807) is 24.1 Å². The van der Waals surface area contributed by atoms with Gasteiger partial charge in [-0.25, -0.2) is 9.97 Å². The number of fused-ring (bicyclic) bond motifs is 1. The molecule has 6 heteroatoms. The van der Waals surface area contributed by atoms with Crippen molar-refractivity contribution in [3.05, 3.63) is 36.2 Å². The molecule has 1 aromatic carbocycles. The monoisotopic (exact) mass is 269 g/mol. The first-order valence-electron chi connectivity index (χ1n) is 6.40. The molecular formula is C14H15N5O. The van der Waals surface area contributed by atoms with E-state index in [0.29, 0.717) is 30.2 Å². The van der Waals surface area contributed by atoms with Crippen LogP contribution < -0.4 is 16.0 Å². The zero-order valence-electron chi connectivity index (χ0n) is 11.1. The van der Waals surface area contributed by atoms with Gasteiger partial charge in [-0.2, -0.15) is 0 Å². The number of nitrogens with two attached hydrogens (primary N) is 1. The minimum absolute atomic E-state index is 0.0306. The summed E-state index contributed by atoms with van der Waals surface area (Å²) in [6.45, 7) is 0. The molecule has 0 saturated carbocycles. The molecule has 6 nitrogen and oxygen atoms in total. The molecule has 2 aromatic rings. The highest BCUT2D eigenvalue weighted by Gasteiger charge is 2.26. The lowest BCUT2D eigenvalue weighted by atomic mass is 10.0. The van der Waals surface area contributed by atoms with Crippen LogP contribution in [0.2, 0.25) is 0 Å². The number of amides is 1. The SMILES string of the molecule is CNc1cc(N2C(=O)CCc3cc(N)ccc32)ncn1. The lowest BCUT2D eigenvalue weighted by Gasteiger charge is -2.28. The summed E-state index contributed by atoms with van der Waals surface area (Å²) in [7, 11) is 1.78. The Morgan fingerprint density at radius 3 is 2.90 bits per heavy atom. The molecule has 102 valence electrons. The normalized spacial score (nSPS) is 14.1. The summed E-state index contributed by atoms with van der Waals surface area (Å²) < 4.78 is 0. The van der Waals surface area contributed by atoms with E-state index in [0.717, 1.165) is 11.3 Å².